The standard InChI is InChI=1S/C22H21ClN4O/c23-19-9-2-1-6-18(19)15-26-22(28)17-8-5-7-16(14-17)20-21(25-11-10-24-20)27-12-3-4-13-27/h1-2,5-11,14H,3-4,12-13,15H2,(H,26,28). The molecule has 1 amide bonds. The van der Waals surface area contributed by atoms with Gasteiger partial charge in [-0.25, -0.2) is 4.98 Å². The Labute approximate surface area is 169 Å². The number of carbonyl (C=O) groups excluding carboxylic acids is 1. The van der Waals surface area contributed by atoms with Gasteiger partial charge in [0.05, 0.1) is 0 Å². The van der Waals surface area contributed by atoms with Crippen LogP contribution < -0.4 is 10.2 Å². The molecule has 142 valence electrons. The molecule has 1 aliphatic heterocycles. The Balaban J connectivity index is 1.55. The molecule has 1 aliphatic rings. The summed E-state index contributed by atoms with van der Waals surface area (Å²) in [5.74, 6) is 0.738. The molecule has 28 heavy (non-hydrogen) atoms. The van der Waals surface area contributed by atoms with Gasteiger partial charge in [0.1, 0.15) is 5.69 Å². The molecule has 5 nitrogen and oxygen atoms in total. The minimum atomic E-state index is -0.145. The van der Waals surface area contributed by atoms with Crippen LogP contribution in [0, 0.1) is 0 Å². The summed E-state index contributed by atoms with van der Waals surface area (Å²) in [7, 11) is 0. The largest absolute Gasteiger partial charge is 0.355 e. The quantitative estimate of drug-likeness (QED) is 0.702. The number of halogens is 1. The molecule has 2 heterocycles. The van der Waals surface area contributed by atoms with E-state index in [-0.39, 0.29) is 5.91 Å². The van der Waals surface area contributed by atoms with Crippen LogP contribution in [0.3, 0.4) is 0 Å². The van der Waals surface area contributed by atoms with E-state index in [1.54, 1.807) is 18.5 Å². The van der Waals surface area contributed by atoms with Crippen LogP contribution in [0.15, 0.2) is 60.9 Å². The maximum Gasteiger partial charge on any atom is 0.251 e. The van der Waals surface area contributed by atoms with Crippen LogP contribution in [0.5, 0.6) is 0 Å². The molecular formula is C22H21ClN4O. The van der Waals surface area contributed by atoms with Crippen LogP contribution in [-0.2, 0) is 6.54 Å². The molecular weight excluding hydrogens is 372 g/mol. The van der Waals surface area contributed by atoms with Crippen LogP contribution in [-0.4, -0.2) is 29.0 Å². The first kappa shape index (κ1) is 18.4. The molecule has 2 aromatic carbocycles. The molecule has 3 aromatic rings. The molecule has 4 rings (SSSR count). The second kappa shape index (κ2) is 8.40. The van der Waals surface area contributed by atoms with Gasteiger partial charge in [0.2, 0.25) is 0 Å². The third-order valence-corrected chi connectivity index (χ3v) is 5.25. The fourth-order valence-electron chi connectivity index (χ4n) is 3.42. The molecule has 1 saturated heterocycles. The number of nitrogens with zero attached hydrogens (tertiary/aromatic N) is 3. The maximum absolute atomic E-state index is 12.7. The zero-order valence-electron chi connectivity index (χ0n) is 15.4. The van der Waals surface area contributed by atoms with Crippen molar-refractivity contribution in [2.45, 2.75) is 19.4 Å². The minimum Gasteiger partial charge on any atom is -0.355 e. The van der Waals surface area contributed by atoms with Gasteiger partial charge in [-0.2, -0.15) is 0 Å². The molecule has 1 aromatic heterocycles. The summed E-state index contributed by atoms with van der Waals surface area (Å²) in [5, 5.41) is 3.58. The first-order chi connectivity index (χ1) is 13.7. The molecule has 1 fully saturated rings. The molecule has 0 spiro atoms. The fourth-order valence-corrected chi connectivity index (χ4v) is 3.62. The van der Waals surface area contributed by atoms with Crippen molar-refractivity contribution < 1.29 is 4.79 Å². The second-order valence-electron chi connectivity index (χ2n) is 6.78. The Bertz CT molecular complexity index is 986. The fraction of sp³-hybridized carbons (Fsp3) is 0.227. The van der Waals surface area contributed by atoms with E-state index in [1.165, 1.54) is 12.8 Å². The smallest absolute Gasteiger partial charge is 0.251 e. The van der Waals surface area contributed by atoms with Gasteiger partial charge in [-0.15, -0.1) is 0 Å². The van der Waals surface area contributed by atoms with Crippen molar-refractivity contribution in [2.24, 2.45) is 0 Å². The van der Waals surface area contributed by atoms with Crippen molar-refractivity contribution >= 4 is 23.3 Å². The average molecular weight is 393 g/mol. The topological polar surface area (TPSA) is 58.1 Å². The number of nitrogens with one attached hydrogen (secondary N) is 1. The molecule has 0 atom stereocenters. The number of benzene rings is 2. The predicted molar refractivity (Wildman–Crippen MR) is 112 cm³/mol. The number of amides is 1. The van der Waals surface area contributed by atoms with Crippen molar-refractivity contribution in [3.8, 4) is 11.3 Å². The van der Waals surface area contributed by atoms with Gasteiger partial charge < -0.3 is 10.2 Å². The van der Waals surface area contributed by atoms with E-state index in [1.807, 2.05) is 42.5 Å². The summed E-state index contributed by atoms with van der Waals surface area (Å²) in [5.41, 5.74) is 3.17. The monoisotopic (exact) mass is 392 g/mol. The first-order valence-electron chi connectivity index (χ1n) is 9.40. The Morgan fingerprint density at radius 1 is 1.04 bits per heavy atom. The van der Waals surface area contributed by atoms with Crippen LogP contribution in [0.1, 0.15) is 28.8 Å². The van der Waals surface area contributed by atoms with E-state index in [9.17, 15) is 4.79 Å². The Morgan fingerprint density at radius 3 is 2.64 bits per heavy atom. The number of hydrogen-bond donors (Lipinski definition) is 1. The number of rotatable bonds is 5. The summed E-state index contributed by atoms with van der Waals surface area (Å²) in [4.78, 5) is 24.0. The molecule has 0 saturated carbocycles. The second-order valence-corrected chi connectivity index (χ2v) is 7.18. The van der Waals surface area contributed by atoms with Gasteiger partial charge in [0, 0.05) is 48.2 Å². The lowest BCUT2D eigenvalue weighted by Crippen LogP contribution is -2.23. The third kappa shape index (κ3) is 3.99. The van der Waals surface area contributed by atoms with Crippen LogP contribution >= 0.6 is 11.6 Å². The van der Waals surface area contributed by atoms with Crippen molar-refractivity contribution in [3.05, 3.63) is 77.1 Å². The van der Waals surface area contributed by atoms with Crippen molar-refractivity contribution in [2.75, 3.05) is 18.0 Å². The van der Waals surface area contributed by atoms with Gasteiger partial charge in [0.15, 0.2) is 5.82 Å². The van der Waals surface area contributed by atoms with E-state index in [0.717, 1.165) is 35.7 Å². The minimum absolute atomic E-state index is 0.145. The van der Waals surface area contributed by atoms with Crippen molar-refractivity contribution in [3.63, 3.8) is 0 Å². The highest BCUT2D eigenvalue weighted by Crippen LogP contribution is 2.29. The van der Waals surface area contributed by atoms with E-state index in [0.29, 0.717) is 17.1 Å². The molecule has 0 unspecified atom stereocenters. The molecule has 0 aliphatic carbocycles. The highest BCUT2D eigenvalue weighted by Gasteiger charge is 2.19. The van der Waals surface area contributed by atoms with Crippen LogP contribution in [0.4, 0.5) is 5.82 Å². The van der Waals surface area contributed by atoms with E-state index >= 15 is 0 Å². The number of carbonyl (C=O) groups is 1. The van der Waals surface area contributed by atoms with Crippen molar-refractivity contribution in [1.82, 2.24) is 15.3 Å². The summed E-state index contributed by atoms with van der Waals surface area (Å²) in [6, 6.07) is 15.0. The average Bonchev–Trinajstić information content (AvgIpc) is 3.28. The number of anilines is 1. The van der Waals surface area contributed by atoms with E-state index in [4.69, 9.17) is 11.6 Å². The number of aromatic nitrogens is 2. The molecule has 0 bridgehead atoms. The van der Waals surface area contributed by atoms with Gasteiger partial charge in [-0.1, -0.05) is 41.9 Å². The predicted octanol–water partition coefficient (Wildman–Crippen LogP) is 4.33. The number of hydrogen-bond acceptors (Lipinski definition) is 4. The summed E-state index contributed by atoms with van der Waals surface area (Å²) < 4.78 is 0. The summed E-state index contributed by atoms with van der Waals surface area (Å²) in [6.45, 7) is 2.36. The lowest BCUT2D eigenvalue weighted by atomic mass is 10.1. The Hall–Kier alpha value is -2.92. The van der Waals surface area contributed by atoms with Gasteiger partial charge in [-0.3, -0.25) is 9.78 Å². The maximum atomic E-state index is 12.7. The van der Waals surface area contributed by atoms with E-state index < -0.39 is 0 Å². The van der Waals surface area contributed by atoms with E-state index in [2.05, 4.69) is 20.2 Å². The molecule has 1 N–H and O–H groups in total. The SMILES string of the molecule is O=C(NCc1ccccc1Cl)c1cccc(-c2nccnc2N2CCCC2)c1. The zero-order valence-corrected chi connectivity index (χ0v) is 16.2. The third-order valence-electron chi connectivity index (χ3n) is 4.88. The molecule has 6 heteroatoms. The normalized spacial score (nSPS) is 13.5. The summed E-state index contributed by atoms with van der Waals surface area (Å²) in [6.07, 6.45) is 5.75. The van der Waals surface area contributed by atoms with Gasteiger partial charge >= 0.3 is 0 Å². The van der Waals surface area contributed by atoms with Crippen LogP contribution in [0.2, 0.25) is 5.02 Å². The Morgan fingerprint density at radius 2 is 1.82 bits per heavy atom. The first-order valence-corrected chi connectivity index (χ1v) is 9.78. The zero-order chi connectivity index (χ0) is 19.3. The lowest BCUT2D eigenvalue weighted by Gasteiger charge is -2.19. The van der Waals surface area contributed by atoms with Crippen LogP contribution in [0.25, 0.3) is 11.3 Å². The van der Waals surface area contributed by atoms with Gasteiger partial charge in [0.25, 0.3) is 5.91 Å². The highest BCUT2D eigenvalue weighted by atomic mass is 35.5. The summed E-state index contributed by atoms with van der Waals surface area (Å²) >= 11 is 6.17. The lowest BCUT2D eigenvalue weighted by molar-refractivity contribution is 0.0951. The molecule has 0 radical (unpaired) electrons. The van der Waals surface area contributed by atoms with Gasteiger partial charge in [-0.05, 0) is 36.6 Å². The highest BCUT2D eigenvalue weighted by molar-refractivity contribution is 6.31. The Kier molecular flexibility index (Phi) is 5.53. The van der Waals surface area contributed by atoms with Crippen molar-refractivity contribution in [1.29, 1.82) is 0 Å².